The first-order valence-corrected chi connectivity index (χ1v) is 12.6. The fourth-order valence-electron chi connectivity index (χ4n) is 5.31. The summed E-state index contributed by atoms with van der Waals surface area (Å²) in [6, 6.07) is 6.85. The van der Waals surface area contributed by atoms with E-state index in [1.54, 1.807) is 6.20 Å². The number of rotatable bonds is 5. The summed E-state index contributed by atoms with van der Waals surface area (Å²) < 4.78 is 0. The van der Waals surface area contributed by atoms with Crippen LogP contribution in [0.4, 0.5) is 17.3 Å². The minimum Gasteiger partial charge on any atom is -0.355 e. The van der Waals surface area contributed by atoms with Crippen molar-refractivity contribution in [3.63, 3.8) is 0 Å². The minimum atomic E-state index is -0.0149. The smallest absolute Gasteiger partial charge is 0.253 e. The van der Waals surface area contributed by atoms with E-state index >= 15 is 0 Å². The lowest BCUT2D eigenvalue weighted by Crippen LogP contribution is -2.46. The molecule has 1 saturated carbocycles. The van der Waals surface area contributed by atoms with Crippen molar-refractivity contribution >= 4 is 23.2 Å². The van der Waals surface area contributed by atoms with Crippen LogP contribution in [0.5, 0.6) is 0 Å². The number of nitrogens with zero attached hydrogens (tertiary/aromatic N) is 5. The van der Waals surface area contributed by atoms with Crippen molar-refractivity contribution in [1.82, 2.24) is 20.2 Å². The third-order valence-electron chi connectivity index (χ3n) is 7.42. The predicted octanol–water partition coefficient (Wildman–Crippen LogP) is 2.99. The lowest BCUT2D eigenvalue weighted by molar-refractivity contribution is 0.0950. The molecule has 2 N–H and O–H groups in total. The fraction of sp³-hybridized carbons (Fsp3) is 0.500. The number of aromatic nitrogens is 2. The lowest BCUT2D eigenvalue weighted by atomic mass is 9.97. The molecular formula is C26H33N7O. The summed E-state index contributed by atoms with van der Waals surface area (Å²) in [7, 11) is 0. The number of piperidine rings is 1. The average molecular weight is 460 g/mol. The molecule has 3 aliphatic heterocycles. The number of piperazine rings is 1. The van der Waals surface area contributed by atoms with E-state index < -0.39 is 0 Å². The molecule has 3 fully saturated rings. The zero-order valence-corrected chi connectivity index (χ0v) is 19.7. The van der Waals surface area contributed by atoms with Gasteiger partial charge in [-0.2, -0.15) is 0 Å². The number of amides is 1. The number of anilines is 3. The molecule has 5 heterocycles. The standard InChI is InChI=1S/C26H33N7O/c1-18-23-4-2-3-9-33(23)25-22(29-18)14-19(15-28-25)17-31-10-12-32(13-11-31)24-8-5-20(16-27-24)26(34)30-21-6-7-21/h5,8,14-16,21,23,29H,1-4,6-7,9-13,17H2,(H,30,34)/t23-/m0/s1. The quantitative estimate of drug-likeness (QED) is 0.712. The third-order valence-corrected chi connectivity index (χ3v) is 7.42. The molecule has 0 bridgehead atoms. The van der Waals surface area contributed by atoms with Gasteiger partial charge in [0, 0.05) is 63.4 Å². The summed E-state index contributed by atoms with van der Waals surface area (Å²) >= 11 is 0. The highest BCUT2D eigenvalue weighted by Gasteiger charge is 2.32. The highest BCUT2D eigenvalue weighted by molar-refractivity contribution is 5.94. The van der Waals surface area contributed by atoms with Crippen LogP contribution in [-0.4, -0.2) is 65.6 Å². The van der Waals surface area contributed by atoms with Gasteiger partial charge in [-0.1, -0.05) is 6.58 Å². The van der Waals surface area contributed by atoms with Gasteiger partial charge in [-0.15, -0.1) is 0 Å². The molecule has 1 atom stereocenters. The van der Waals surface area contributed by atoms with Crippen molar-refractivity contribution in [2.24, 2.45) is 0 Å². The van der Waals surface area contributed by atoms with Gasteiger partial charge in [0.25, 0.3) is 5.91 Å². The molecule has 2 saturated heterocycles. The van der Waals surface area contributed by atoms with Gasteiger partial charge in [0.2, 0.25) is 0 Å². The summed E-state index contributed by atoms with van der Waals surface area (Å²) in [4.78, 5) is 28.8. The molecular weight excluding hydrogens is 426 g/mol. The third kappa shape index (κ3) is 4.34. The van der Waals surface area contributed by atoms with Gasteiger partial charge in [0.1, 0.15) is 5.82 Å². The maximum atomic E-state index is 12.2. The van der Waals surface area contributed by atoms with Crippen LogP contribution in [0.15, 0.2) is 42.9 Å². The van der Waals surface area contributed by atoms with E-state index in [1.165, 1.54) is 18.4 Å². The number of fused-ring (bicyclic) bond motifs is 3. The van der Waals surface area contributed by atoms with Gasteiger partial charge < -0.3 is 20.4 Å². The van der Waals surface area contributed by atoms with Crippen LogP contribution in [0, 0.1) is 0 Å². The molecule has 8 heteroatoms. The van der Waals surface area contributed by atoms with Crippen molar-refractivity contribution in [3.8, 4) is 0 Å². The molecule has 2 aromatic rings. The van der Waals surface area contributed by atoms with Gasteiger partial charge in [-0.3, -0.25) is 9.69 Å². The Labute approximate surface area is 201 Å². The van der Waals surface area contributed by atoms with Crippen LogP contribution in [0.2, 0.25) is 0 Å². The summed E-state index contributed by atoms with van der Waals surface area (Å²) in [5.41, 5.74) is 4.06. The SMILES string of the molecule is C=C1Nc2cc(CN3CCN(c4ccc(C(=O)NC5CC5)cn4)CC3)cnc2N2CCCC[C@@H]12. The molecule has 8 nitrogen and oxygen atoms in total. The Morgan fingerprint density at radius 3 is 2.68 bits per heavy atom. The van der Waals surface area contributed by atoms with E-state index in [0.717, 1.165) is 81.6 Å². The molecule has 1 aliphatic carbocycles. The normalized spacial score (nSPS) is 22.6. The zero-order chi connectivity index (χ0) is 23.1. The fourth-order valence-corrected chi connectivity index (χ4v) is 5.31. The molecule has 178 valence electrons. The van der Waals surface area contributed by atoms with Crippen LogP contribution < -0.4 is 20.4 Å². The maximum Gasteiger partial charge on any atom is 0.253 e. The Morgan fingerprint density at radius 1 is 1.06 bits per heavy atom. The van der Waals surface area contributed by atoms with E-state index in [-0.39, 0.29) is 5.91 Å². The molecule has 0 aromatic carbocycles. The van der Waals surface area contributed by atoms with Crippen molar-refractivity contribution in [3.05, 3.63) is 54.0 Å². The molecule has 0 radical (unpaired) electrons. The Bertz CT molecular complexity index is 1070. The summed E-state index contributed by atoms with van der Waals surface area (Å²) in [5, 5.41) is 6.55. The Morgan fingerprint density at radius 2 is 1.91 bits per heavy atom. The number of hydrogen-bond donors (Lipinski definition) is 2. The van der Waals surface area contributed by atoms with Crippen LogP contribution in [-0.2, 0) is 6.54 Å². The topological polar surface area (TPSA) is 76.6 Å². The maximum absolute atomic E-state index is 12.2. The van der Waals surface area contributed by atoms with Gasteiger partial charge in [0.15, 0.2) is 5.82 Å². The van der Waals surface area contributed by atoms with Gasteiger partial charge in [0.05, 0.1) is 17.3 Å². The minimum absolute atomic E-state index is 0.0149. The first kappa shape index (κ1) is 21.4. The number of pyridine rings is 2. The van der Waals surface area contributed by atoms with E-state index in [1.807, 2.05) is 18.3 Å². The van der Waals surface area contributed by atoms with E-state index in [0.29, 0.717) is 17.6 Å². The average Bonchev–Trinajstić information content (AvgIpc) is 3.69. The first-order valence-electron chi connectivity index (χ1n) is 12.6. The molecule has 4 aliphatic rings. The number of hydrogen-bond acceptors (Lipinski definition) is 7. The van der Waals surface area contributed by atoms with Crippen molar-refractivity contribution in [1.29, 1.82) is 0 Å². The molecule has 2 aromatic heterocycles. The second-order valence-electron chi connectivity index (χ2n) is 9.99. The first-order chi connectivity index (χ1) is 16.6. The highest BCUT2D eigenvalue weighted by Crippen LogP contribution is 2.37. The van der Waals surface area contributed by atoms with Crippen LogP contribution >= 0.6 is 0 Å². The van der Waals surface area contributed by atoms with Crippen molar-refractivity contribution in [2.45, 2.75) is 50.7 Å². The summed E-state index contributed by atoms with van der Waals surface area (Å²) in [5.74, 6) is 2.00. The predicted molar refractivity (Wildman–Crippen MR) is 134 cm³/mol. The largest absolute Gasteiger partial charge is 0.355 e. The number of carbonyl (C=O) groups excluding carboxylic acids is 1. The Kier molecular flexibility index (Phi) is 5.61. The van der Waals surface area contributed by atoms with Crippen molar-refractivity contribution in [2.75, 3.05) is 47.8 Å². The van der Waals surface area contributed by atoms with Crippen LogP contribution in [0.1, 0.15) is 48.0 Å². The molecule has 1 amide bonds. The Hall–Kier alpha value is -3.13. The van der Waals surface area contributed by atoms with Gasteiger partial charge in [-0.05, 0) is 55.9 Å². The lowest BCUT2D eigenvalue weighted by Gasteiger charge is -2.42. The molecule has 6 rings (SSSR count). The van der Waals surface area contributed by atoms with Gasteiger partial charge in [-0.25, -0.2) is 9.97 Å². The number of carbonyl (C=O) groups is 1. The van der Waals surface area contributed by atoms with E-state index in [2.05, 4.69) is 43.0 Å². The van der Waals surface area contributed by atoms with E-state index in [4.69, 9.17) is 4.98 Å². The second kappa shape index (κ2) is 8.91. The van der Waals surface area contributed by atoms with E-state index in [9.17, 15) is 4.79 Å². The highest BCUT2D eigenvalue weighted by atomic mass is 16.1. The zero-order valence-electron chi connectivity index (χ0n) is 19.7. The molecule has 0 spiro atoms. The number of nitrogens with one attached hydrogen (secondary N) is 2. The second-order valence-corrected chi connectivity index (χ2v) is 9.99. The molecule has 0 unspecified atom stereocenters. The molecule has 34 heavy (non-hydrogen) atoms. The van der Waals surface area contributed by atoms with Crippen molar-refractivity contribution < 1.29 is 4.79 Å². The van der Waals surface area contributed by atoms with Crippen LogP contribution in [0.25, 0.3) is 0 Å². The van der Waals surface area contributed by atoms with Crippen LogP contribution in [0.3, 0.4) is 0 Å². The summed E-state index contributed by atoms with van der Waals surface area (Å²) in [6.07, 6.45) is 9.57. The Balaban J connectivity index is 1.05. The van der Waals surface area contributed by atoms with Gasteiger partial charge >= 0.3 is 0 Å². The monoisotopic (exact) mass is 459 g/mol. The summed E-state index contributed by atoms with van der Waals surface area (Å²) in [6.45, 7) is 10.0.